The highest BCUT2D eigenvalue weighted by molar-refractivity contribution is 6.90. The van der Waals surface area contributed by atoms with Gasteiger partial charge in [0.2, 0.25) is 0 Å². The Hall–Kier alpha value is -0.972. The zero-order chi connectivity index (χ0) is 24.3. The molecule has 176 valence electrons. The highest BCUT2D eigenvalue weighted by Gasteiger charge is 2.35. The molecule has 0 spiro atoms. The highest BCUT2D eigenvalue weighted by atomic mass is 28.4. The van der Waals surface area contributed by atoms with E-state index in [-0.39, 0.29) is 0 Å². The van der Waals surface area contributed by atoms with Crippen molar-refractivity contribution in [1.29, 1.82) is 0 Å². The third kappa shape index (κ3) is 9.59. The second-order valence-corrected chi connectivity index (χ2v) is 32.6. The molecule has 1 aromatic carbocycles. The van der Waals surface area contributed by atoms with Crippen LogP contribution in [0.2, 0.25) is 78.6 Å². The molecule has 0 N–H and O–H groups in total. The van der Waals surface area contributed by atoms with Gasteiger partial charge in [-0.3, -0.25) is 0 Å². The summed E-state index contributed by atoms with van der Waals surface area (Å²) in [5.74, 6) is 0. The molecule has 0 aliphatic heterocycles. The van der Waals surface area contributed by atoms with Crippen molar-refractivity contribution < 1.29 is 0 Å². The van der Waals surface area contributed by atoms with Crippen molar-refractivity contribution in [2.75, 3.05) is 0 Å². The Bertz CT molecular complexity index is 736. The zero-order valence-corrected chi connectivity index (χ0v) is 26.6. The predicted octanol–water partition coefficient (Wildman–Crippen LogP) is 7.29. The van der Waals surface area contributed by atoms with Crippen molar-refractivity contribution in [1.82, 2.24) is 8.68 Å². The summed E-state index contributed by atoms with van der Waals surface area (Å²) in [5, 5.41) is 10.6. The summed E-state index contributed by atoms with van der Waals surface area (Å²) < 4.78 is 5.06. The normalized spacial score (nSPS) is 14.6. The first-order valence-electron chi connectivity index (χ1n) is 11.6. The largest absolute Gasteiger partial charge is 0.350 e. The van der Waals surface area contributed by atoms with Gasteiger partial charge in [0.05, 0.1) is 0 Å². The Balaban J connectivity index is 3.40. The molecule has 0 aromatic heterocycles. The molecule has 0 bridgehead atoms. The number of hydrogen-bond donors (Lipinski definition) is 0. The molecule has 0 aliphatic carbocycles. The van der Waals surface area contributed by atoms with Gasteiger partial charge in [-0.15, -0.1) is 0 Å². The molecule has 0 heterocycles. The van der Waals surface area contributed by atoms with Crippen molar-refractivity contribution >= 4 is 44.4 Å². The molecule has 0 atom stereocenters. The van der Waals surface area contributed by atoms with E-state index < -0.39 is 32.9 Å². The molecule has 0 fully saturated rings. The quantitative estimate of drug-likeness (QED) is 0.195. The molecule has 0 aliphatic rings. The molecule has 0 radical (unpaired) electrons. The van der Waals surface area contributed by atoms with Crippen LogP contribution in [0.25, 0.3) is 0 Å². The SMILES string of the molecule is C/C(C/C(Cc1ccccc1)=N\N([Si](C)(C)C)[Si](C)(C)C)=N\N([Si](C)(C)C)[Si](C)(C)C. The van der Waals surface area contributed by atoms with Crippen LogP contribution in [0.3, 0.4) is 0 Å². The molecule has 31 heavy (non-hydrogen) atoms. The fourth-order valence-corrected chi connectivity index (χ4v) is 22.1. The maximum Gasteiger partial charge on any atom is 0.158 e. The van der Waals surface area contributed by atoms with Gasteiger partial charge >= 0.3 is 0 Å². The van der Waals surface area contributed by atoms with Gasteiger partial charge in [0, 0.05) is 24.3 Å². The fraction of sp³-hybridized carbons (Fsp3) is 0.652. The minimum Gasteiger partial charge on any atom is -0.350 e. The molecule has 0 saturated carbocycles. The highest BCUT2D eigenvalue weighted by Crippen LogP contribution is 2.23. The van der Waals surface area contributed by atoms with Crippen LogP contribution in [-0.4, -0.2) is 53.0 Å². The van der Waals surface area contributed by atoms with Crippen molar-refractivity contribution in [3.8, 4) is 0 Å². The van der Waals surface area contributed by atoms with E-state index in [1.165, 1.54) is 17.0 Å². The van der Waals surface area contributed by atoms with Crippen LogP contribution in [-0.2, 0) is 6.42 Å². The third-order valence-electron chi connectivity index (χ3n) is 4.76. The van der Waals surface area contributed by atoms with Gasteiger partial charge < -0.3 is 8.68 Å². The average molecular weight is 493 g/mol. The molecule has 1 aromatic rings. The molecular weight excluding hydrogens is 445 g/mol. The number of hydrogen-bond acceptors (Lipinski definition) is 4. The standard InChI is InChI=1S/C23H48N4Si4/c1-21(24-26(28(2,3)4)29(5,6)7)19-23(20-22-17-15-14-16-18-22)25-27(30(8,9)10)31(11,12)13/h14-18H,19-20H2,1-13H3/b24-21+,25-23+. The number of hydrazone groups is 2. The van der Waals surface area contributed by atoms with Gasteiger partial charge in [0.1, 0.15) is 0 Å². The Morgan fingerprint density at radius 1 is 0.645 bits per heavy atom. The van der Waals surface area contributed by atoms with Crippen molar-refractivity contribution in [2.45, 2.75) is 98.3 Å². The molecule has 4 nitrogen and oxygen atoms in total. The maximum atomic E-state index is 5.38. The summed E-state index contributed by atoms with van der Waals surface area (Å²) >= 11 is 0. The van der Waals surface area contributed by atoms with E-state index in [2.05, 4.69) is 124 Å². The lowest BCUT2D eigenvalue weighted by molar-refractivity contribution is 0.657. The Kier molecular flexibility index (Phi) is 9.33. The zero-order valence-electron chi connectivity index (χ0n) is 22.6. The molecule has 8 heteroatoms. The van der Waals surface area contributed by atoms with Gasteiger partial charge in [-0.05, 0) is 12.5 Å². The molecule has 0 unspecified atom stereocenters. The van der Waals surface area contributed by atoms with Crippen LogP contribution in [0, 0.1) is 0 Å². The first-order valence-corrected chi connectivity index (χ1v) is 25.4. The minimum atomic E-state index is -1.57. The van der Waals surface area contributed by atoms with E-state index in [4.69, 9.17) is 10.2 Å². The Morgan fingerprint density at radius 3 is 1.42 bits per heavy atom. The first kappa shape index (κ1) is 28.1. The summed E-state index contributed by atoms with van der Waals surface area (Å²) in [6.45, 7) is 31.1. The monoisotopic (exact) mass is 492 g/mol. The van der Waals surface area contributed by atoms with E-state index in [0.29, 0.717) is 0 Å². The smallest absolute Gasteiger partial charge is 0.158 e. The average Bonchev–Trinajstić information content (AvgIpc) is 2.54. The van der Waals surface area contributed by atoms with Crippen LogP contribution in [0.1, 0.15) is 18.9 Å². The Labute approximate surface area is 197 Å². The third-order valence-corrected chi connectivity index (χ3v) is 18.3. The number of benzene rings is 1. The van der Waals surface area contributed by atoms with E-state index >= 15 is 0 Å². The minimum absolute atomic E-state index is 0.839. The van der Waals surface area contributed by atoms with Crippen LogP contribution in [0.5, 0.6) is 0 Å². The summed E-state index contributed by atoms with van der Waals surface area (Å²) in [6.07, 6.45) is 1.73. The lowest BCUT2D eigenvalue weighted by atomic mass is 10.0. The second kappa shape index (κ2) is 10.3. The number of rotatable bonds is 10. The van der Waals surface area contributed by atoms with Gasteiger partial charge in [-0.1, -0.05) is 109 Å². The van der Waals surface area contributed by atoms with Crippen LogP contribution in [0.15, 0.2) is 40.5 Å². The molecule has 0 saturated heterocycles. The predicted molar refractivity (Wildman–Crippen MR) is 152 cm³/mol. The van der Waals surface area contributed by atoms with Crippen molar-refractivity contribution in [2.24, 2.45) is 10.2 Å². The van der Waals surface area contributed by atoms with E-state index in [0.717, 1.165) is 12.8 Å². The lowest BCUT2D eigenvalue weighted by Gasteiger charge is -2.42. The molecule has 0 amide bonds. The van der Waals surface area contributed by atoms with E-state index in [1.54, 1.807) is 0 Å². The molecule has 1 rings (SSSR count). The summed E-state index contributed by atoms with van der Waals surface area (Å²) in [5.41, 5.74) is 3.75. The van der Waals surface area contributed by atoms with Gasteiger partial charge in [-0.25, -0.2) is 10.2 Å². The summed E-state index contributed by atoms with van der Waals surface area (Å²) in [4.78, 5) is 0. The second-order valence-electron chi connectivity index (χ2n) is 12.6. The number of nitrogens with zero attached hydrogens (tertiary/aromatic N) is 4. The van der Waals surface area contributed by atoms with Crippen molar-refractivity contribution in [3.63, 3.8) is 0 Å². The maximum absolute atomic E-state index is 5.38. The summed E-state index contributed by atoms with van der Waals surface area (Å²) in [7, 11) is -6.21. The van der Waals surface area contributed by atoms with Crippen LogP contribution in [0.4, 0.5) is 0 Å². The summed E-state index contributed by atoms with van der Waals surface area (Å²) in [6, 6.07) is 10.8. The van der Waals surface area contributed by atoms with Gasteiger partial charge in [0.15, 0.2) is 32.9 Å². The van der Waals surface area contributed by atoms with Crippen LogP contribution < -0.4 is 0 Å². The molecular formula is C23H48N4Si4. The van der Waals surface area contributed by atoms with E-state index in [9.17, 15) is 0 Å². The first-order chi connectivity index (χ1) is 13.8. The van der Waals surface area contributed by atoms with Crippen LogP contribution >= 0.6 is 0 Å². The topological polar surface area (TPSA) is 31.2 Å². The Morgan fingerprint density at radius 2 is 1.03 bits per heavy atom. The van der Waals surface area contributed by atoms with E-state index in [1.807, 2.05) is 0 Å². The lowest BCUT2D eigenvalue weighted by Crippen LogP contribution is -2.56. The van der Waals surface area contributed by atoms with Gasteiger partial charge in [-0.2, -0.15) is 0 Å². The van der Waals surface area contributed by atoms with Crippen molar-refractivity contribution in [3.05, 3.63) is 35.9 Å². The fourth-order valence-electron chi connectivity index (χ4n) is 4.22. The van der Waals surface area contributed by atoms with Gasteiger partial charge in [0.25, 0.3) is 0 Å².